The zero-order valence-corrected chi connectivity index (χ0v) is 18.4. The molecule has 1 aliphatic heterocycles. The first-order valence-corrected chi connectivity index (χ1v) is 11.3. The summed E-state index contributed by atoms with van der Waals surface area (Å²) in [4.78, 5) is 24.7. The van der Waals surface area contributed by atoms with Crippen molar-refractivity contribution in [2.45, 2.75) is 51.2 Å². The van der Waals surface area contributed by atoms with E-state index in [1.54, 1.807) is 19.1 Å². The van der Waals surface area contributed by atoms with Gasteiger partial charge in [-0.1, -0.05) is 30.7 Å². The predicted octanol–water partition coefficient (Wildman–Crippen LogP) is 4.07. The lowest BCUT2D eigenvalue weighted by molar-refractivity contribution is -0.146. The highest BCUT2D eigenvalue weighted by molar-refractivity contribution is 5.84. The summed E-state index contributed by atoms with van der Waals surface area (Å²) in [6.07, 6.45) is 3.65. The van der Waals surface area contributed by atoms with E-state index in [0.29, 0.717) is 33.9 Å². The number of hydrogen-bond acceptors (Lipinski definition) is 7. The van der Waals surface area contributed by atoms with E-state index in [2.05, 4.69) is 0 Å². The molecule has 1 aliphatic carbocycles. The highest BCUT2D eigenvalue weighted by atomic mass is 16.7. The van der Waals surface area contributed by atoms with E-state index in [9.17, 15) is 14.7 Å². The molecular formula is C26H26O7. The Bertz CT molecular complexity index is 1230. The fraction of sp³-hybridized carbons (Fsp3) is 0.385. The van der Waals surface area contributed by atoms with Gasteiger partial charge in [0.25, 0.3) is 0 Å². The van der Waals surface area contributed by atoms with E-state index in [0.717, 1.165) is 36.8 Å². The Labute approximate surface area is 190 Å². The molecule has 172 valence electrons. The summed E-state index contributed by atoms with van der Waals surface area (Å²) < 4.78 is 21.6. The van der Waals surface area contributed by atoms with Crippen LogP contribution in [0.15, 0.2) is 51.7 Å². The maximum atomic E-state index is 12.7. The summed E-state index contributed by atoms with van der Waals surface area (Å²) >= 11 is 0. The second-order valence-electron chi connectivity index (χ2n) is 8.83. The molecule has 1 aromatic heterocycles. The van der Waals surface area contributed by atoms with Crippen molar-refractivity contribution < 1.29 is 28.5 Å². The van der Waals surface area contributed by atoms with Crippen LogP contribution in [0.2, 0.25) is 0 Å². The number of carbonyl (C=O) groups excluding carboxylic acids is 1. The molecule has 0 bridgehead atoms. The van der Waals surface area contributed by atoms with Crippen LogP contribution in [0.5, 0.6) is 11.5 Å². The number of fused-ring (bicyclic) bond motifs is 2. The van der Waals surface area contributed by atoms with E-state index in [-0.39, 0.29) is 25.5 Å². The van der Waals surface area contributed by atoms with Crippen LogP contribution in [0.3, 0.4) is 0 Å². The van der Waals surface area contributed by atoms with E-state index in [1.165, 1.54) is 6.07 Å². The Kier molecular flexibility index (Phi) is 5.81. The topological polar surface area (TPSA) is 95.2 Å². The average molecular weight is 450 g/mol. The van der Waals surface area contributed by atoms with Gasteiger partial charge in [0.2, 0.25) is 6.79 Å². The summed E-state index contributed by atoms with van der Waals surface area (Å²) in [5, 5.41) is 10.7. The zero-order valence-electron chi connectivity index (χ0n) is 18.4. The largest absolute Gasteiger partial charge is 0.460 e. The molecule has 1 fully saturated rings. The summed E-state index contributed by atoms with van der Waals surface area (Å²) in [6.45, 7) is 1.86. The van der Waals surface area contributed by atoms with Crippen LogP contribution in [0, 0.1) is 5.92 Å². The van der Waals surface area contributed by atoms with Gasteiger partial charge in [-0.15, -0.1) is 0 Å². The van der Waals surface area contributed by atoms with Crippen molar-refractivity contribution in [3.63, 3.8) is 0 Å². The molecule has 2 aromatic carbocycles. The third-order valence-corrected chi connectivity index (χ3v) is 6.64. The Balaban J connectivity index is 1.26. The lowest BCUT2D eigenvalue weighted by Gasteiger charge is -2.16. The molecule has 33 heavy (non-hydrogen) atoms. The lowest BCUT2D eigenvalue weighted by atomic mass is 9.93. The number of aliphatic hydroxyl groups excluding tert-OH is 1. The molecular weight excluding hydrogens is 424 g/mol. The van der Waals surface area contributed by atoms with Crippen LogP contribution in [0.25, 0.3) is 11.0 Å². The molecule has 2 heterocycles. The highest BCUT2D eigenvalue weighted by Crippen LogP contribution is 2.37. The Morgan fingerprint density at radius 2 is 1.88 bits per heavy atom. The summed E-state index contributed by atoms with van der Waals surface area (Å²) in [6, 6.07) is 12.6. The van der Waals surface area contributed by atoms with E-state index in [1.807, 2.05) is 24.3 Å². The quantitative estimate of drug-likeness (QED) is 0.447. The van der Waals surface area contributed by atoms with Gasteiger partial charge in [-0.05, 0) is 49.3 Å². The lowest BCUT2D eigenvalue weighted by Crippen LogP contribution is -2.16. The molecule has 0 amide bonds. The van der Waals surface area contributed by atoms with Gasteiger partial charge in [0, 0.05) is 23.1 Å². The van der Waals surface area contributed by atoms with Crippen LogP contribution < -0.4 is 15.1 Å². The van der Waals surface area contributed by atoms with E-state index in [4.69, 9.17) is 18.6 Å². The molecule has 0 saturated heterocycles. The standard InChI is InChI=1S/C26H26O7/c1-15(17-7-5-16(6-8-17)9-18-3-2-4-21(18)27)26(29)30-13-19-10-25(28)33-22-12-24-23(11-20(19)22)31-14-32-24/h5-8,10-12,15,18,21,27H,2-4,9,13-14H2,1H3/t15?,18-,21-/m0/s1. The van der Waals surface area contributed by atoms with Gasteiger partial charge in [-0.3, -0.25) is 4.79 Å². The third kappa shape index (κ3) is 4.46. The number of rotatable bonds is 6. The first-order chi connectivity index (χ1) is 16.0. The number of esters is 1. The molecule has 0 radical (unpaired) electrons. The van der Waals surface area contributed by atoms with Gasteiger partial charge in [-0.2, -0.15) is 0 Å². The third-order valence-electron chi connectivity index (χ3n) is 6.64. The van der Waals surface area contributed by atoms with Gasteiger partial charge in [0.1, 0.15) is 12.2 Å². The van der Waals surface area contributed by atoms with Crippen molar-refractivity contribution in [2.75, 3.05) is 6.79 Å². The van der Waals surface area contributed by atoms with Gasteiger partial charge in [-0.25, -0.2) is 4.79 Å². The van der Waals surface area contributed by atoms with E-state index < -0.39 is 11.5 Å². The van der Waals surface area contributed by atoms with Crippen LogP contribution in [0.1, 0.15) is 48.8 Å². The monoisotopic (exact) mass is 450 g/mol. The highest BCUT2D eigenvalue weighted by Gasteiger charge is 2.25. The molecule has 3 aromatic rings. The molecule has 5 rings (SSSR count). The molecule has 7 heteroatoms. The molecule has 1 saturated carbocycles. The second kappa shape index (κ2) is 8.90. The summed E-state index contributed by atoms with van der Waals surface area (Å²) in [5.41, 5.74) is 2.39. The van der Waals surface area contributed by atoms with Crippen LogP contribution >= 0.6 is 0 Å². The van der Waals surface area contributed by atoms with Crippen LogP contribution in [-0.2, 0) is 22.6 Å². The number of ether oxygens (including phenoxy) is 3. The van der Waals surface area contributed by atoms with Crippen molar-refractivity contribution >= 4 is 16.9 Å². The van der Waals surface area contributed by atoms with Gasteiger partial charge < -0.3 is 23.7 Å². The number of carbonyl (C=O) groups is 1. The SMILES string of the molecule is CC(C(=O)OCc1cc(=O)oc2cc3c(cc12)OCO3)c1ccc(C[C@@H]2CCC[C@@H]2O)cc1. The van der Waals surface area contributed by atoms with Gasteiger partial charge in [0.15, 0.2) is 11.5 Å². The van der Waals surface area contributed by atoms with Gasteiger partial charge in [0.05, 0.1) is 12.0 Å². The summed E-state index contributed by atoms with van der Waals surface area (Å²) in [5.74, 6) is 0.552. The normalized spacial score (nSPS) is 20.2. The van der Waals surface area contributed by atoms with Crippen molar-refractivity contribution in [3.05, 3.63) is 69.6 Å². The number of hydrogen-bond donors (Lipinski definition) is 1. The van der Waals surface area contributed by atoms with Gasteiger partial charge >= 0.3 is 11.6 Å². The van der Waals surface area contributed by atoms with Crippen molar-refractivity contribution in [2.24, 2.45) is 5.92 Å². The average Bonchev–Trinajstić information content (AvgIpc) is 3.44. The van der Waals surface area contributed by atoms with Crippen molar-refractivity contribution in [3.8, 4) is 11.5 Å². The fourth-order valence-electron chi connectivity index (χ4n) is 4.65. The number of aliphatic hydroxyl groups is 1. The molecule has 0 spiro atoms. The van der Waals surface area contributed by atoms with Crippen molar-refractivity contribution in [1.82, 2.24) is 0 Å². The van der Waals surface area contributed by atoms with Crippen LogP contribution in [-0.4, -0.2) is 24.0 Å². The molecule has 1 unspecified atom stereocenters. The summed E-state index contributed by atoms with van der Waals surface area (Å²) in [7, 11) is 0. The minimum atomic E-state index is -0.525. The maximum absolute atomic E-state index is 12.7. The van der Waals surface area contributed by atoms with E-state index >= 15 is 0 Å². The Morgan fingerprint density at radius 1 is 1.12 bits per heavy atom. The Hall–Kier alpha value is -3.32. The molecule has 2 aliphatic rings. The smallest absolute Gasteiger partial charge is 0.336 e. The Morgan fingerprint density at radius 3 is 2.61 bits per heavy atom. The predicted molar refractivity (Wildman–Crippen MR) is 120 cm³/mol. The maximum Gasteiger partial charge on any atom is 0.336 e. The fourth-order valence-corrected chi connectivity index (χ4v) is 4.65. The zero-order chi connectivity index (χ0) is 22.9. The first kappa shape index (κ1) is 21.5. The minimum Gasteiger partial charge on any atom is -0.460 e. The molecule has 3 atom stereocenters. The van der Waals surface area contributed by atoms with Crippen molar-refractivity contribution in [1.29, 1.82) is 0 Å². The second-order valence-corrected chi connectivity index (χ2v) is 8.83. The number of benzene rings is 2. The minimum absolute atomic E-state index is 0.0530. The molecule has 7 nitrogen and oxygen atoms in total. The first-order valence-electron chi connectivity index (χ1n) is 11.3. The van der Waals surface area contributed by atoms with Crippen LogP contribution in [0.4, 0.5) is 0 Å². The molecule has 1 N–H and O–H groups in total.